The van der Waals surface area contributed by atoms with Gasteiger partial charge in [0.05, 0.1) is 16.4 Å². The predicted molar refractivity (Wildman–Crippen MR) is 145 cm³/mol. The lowest BCUT2D eigenvalue weighted by molar-refractivity contribution is 0.0178. The molecule has 0 spiro atoms. The van der Waals surface area contributed by atoms with E-state index in [-0.39, 0.29) is 18.3 Å². The van der Waals surface area contributed by atoms with E-state index in [0.717, 1.165) is 22.3 Å². The third-order valence-corrected chi connectivity index (χ3v) is 7.57. The van der Waals surface area contributed by atoms with Crippen molar-refractivity contribution in [1.82, 2.24) is 0 Å². The van der Waals surface area contributed by atoms with Gasteiger partial charge in [0.2, 0.25) is 0 Å². The van der Waals surface area contributed by atoms with Gasteiger partial charge in [-0.05, 0) is 46.5 Å². The monoisotopic (exact) mass is 510 g/mol. The van der Waals surface area contributed by atoms with Crippen molar-refractivity contribution in [3.8, 4) is 22.3 Å². The Morgan fingerprint density at radius 1 is 0.676 bits per heavy atom. The molecule has 0 saturated carbocycles. The third kappa shape index (κ3) is 6.10. The number of aliphatic hydroxyl groups is 1. The lowest BCUT2D eigenvalue weighted by Gasteiger charge is -2.19. The van der Waals surface area contributed by atoms with Gasteiger partial charge >= 0.3 is 11.9 Å². The van der Waals surface area contributed by atoms with Crippen molar-refractivity contribution in [1.29, 1.82) is 0 Å². The molecule has 3 atom stereocenters. The first-order chi connectivity index (χ1) is 18.1. The molecule has 1 heterocycles. The van der Waals surface area contributed by atoms with Crippen LogP contribution in [0.5, 0.6) is 0 Å². The minimum Gasteiger partial charge on any atom is -0.461 e. The van der Waals surface area contributed by atoms with Crippen molar-refractivity contribution >= 4 is 23.7 Å². The summed E-state index contributed by atoms with van der Waals surface area (Å²) in [5, 5.41) is 9.82. The SMILES string of the molecule is O=C(OC[C@@H]1SC(O)C[C@H]1OC(=O)c1ccc(-c2ccccc2)cc1)c1ccc(-c2ccccc2)cc1. The van der Waals surface area contributed by atoms with E-state index in [1.54, 1.807) is 24.3 Å². The number of hydrogen-bond donors (Lipinski definition) is 1. The van der Waals surface area contributed by atoms with Crippen molar-refractivity contribution < 1.29 is 24.2 Å². The van der Waals surface area contributed by atoms with Gasteiger partial charge in [-0.2, -0.15) is 0 Å². The van der Waals surface area contributed by atoms with Gasteiger partial charge in [-0.1, -0.05) is 84.9 Å². The van der Waals surface area contributed by atoms with Gasteiger partial charge in [0.25, 0.3) is 0 Å². The summed E-state index contributed by atoms with van der Waals surface area (Å²) in [6.07, 6.45) is -0.276. The van der Waals surface area contributed by atoms with E-state index in [9.17, 15) is 14.7 Å². The average molecular weight is 511 g/mol. The summed E-state index contributed by atoms with van der Waals surface area (Å²) in [6, 6.07) is 34.3. The largest absolute Gasteiger partial charge is 0.461 e. The molecule has 6 heteroatoms. The average Bonchev–Trinajstić information content (AvgIpc) is 3.31. The Morgan fingerprint density at radius 2 is 1.14 bits per heavy atom. The summed E-state index contributed by atoms with van der Waals surface area (Å²) in [4.78, 5) is 25.4. The molecule has 1 aliphatic rings. The van der Waals surface area contributed by atoms with Crippen molar-refractivity contribution in [2.75, 3.05) is 6.61 Å². The highest BCUT2D eigenvalue weighted by atomic mass is 32.2. The highest BCUT2D eigenvalue weighted by Crippen LogP contribution is 2.35. The Morgan fingerprint density at radius 3 is 1.65 bits per heavy atom. The van der Waals surface area contributed by atoms with Gasteiger partial charge in [-0.15, -0.1) is 11.8 Å². The van der Waals surface area contributed by atoms with E-state index in [2.05, 4.69) is 0 Å². The van der Waals surface area contributed by atoms with Crippen LogP contribution in [0.1, 0.15) is 27.1 Å². The quantitative estimate of drug-likeness (QED) is 0.297. The summed E-state index contributed by atoms with van der Waals surface area (Å²) in [7, 11) is 0. The van der Waals surface area contributed by atoms with Gasteiger partial charge in [0.1, 0.15) is 18.1 Å². The van der Waals surface area contributed by atoms with Crippen LogP contribution in [0.15, 0.2) is 109 Å². The van der Waals surface area contributed by atoms with Crippen LogP contribution in [-0.4, -0.2) is 40.4 Å². The molecule has 1 aliphatic heterocycles. The zero-order valence-electron chi connectivity index (χ0n) is 20.0. The predicted octanol–water partition coefficient (Wildman–Crippen LogP) is 6.23. The minimum absolute atomic E-state index is 0.0336. The first-order valence-corrected chi connectivity index (χ1v) is 13.0. The van der Waals surface area contributed by atoms with Crippen LogP contribution in [0.2, 0.25) is 0 Å². The number of carbonyl (C=O) groups is 2. The van der Waals surface area contributed by atoms with Crippen LogP contribution in [0, 0.1) is 0 Å². The van der Waals surface area contributed by atoms with E-state index in [1.165, 1.54) is 11.8 Å². The first kappa shape index (κ1) is 24.8. The molecule has 0 bridgehead atoms. The molecule has 186 valence electrons. The summed E-state index contributed by atoms with van der Waals surface area (Å²) in [5.74, 6) is -0.921. The molecule has 5 rings (SSSR count). The smallest absolute Gasteiger partial charge is 0.338 e. The van der Waals surface area contributed by atoms with E-state index in [0.29, 0.717) is 11.1 Å². The summed E-state index contributed by atoms with van der Waals surface area (Å²) < 4.78 is 11.2. The lowest BCUT2D eigenvalue weighted by Crippen LogP contribution is -2.29. The molecule has 0 radical (unpaired) electrons. The highest BCUT2D eigenvalue weighted by molar-refractivity contribution is 8.00. The Hall–Kier alpha value is -3.87. The topological polar surface area (TPSA) is 72.8 Å². The molecule has 4 aromatic rings. The Balaban J connectivity index is 1.17. The molecule has 0 aromatic heterocycles. The second-order valence-electron chi connectivity index (χ2n) is 8.79. The highest BCUT2D eigenvalue weighted by Gasteiger charge is 2.38. The molecule has 37 heavy (non-hydrogen) atoms. The van der Waals surface area contributed by atoms with Crippen molar-refractivity contribution in [2.45, 2.75) is 23.2 Å². The Bertz CT molecular complexity index is 1340. The molecule has 1 N–H and O–H groups in total. The maximum atomic E-state index is 12.8. The van der Waals surface area contributed by atoms with Crippen LogP contribution in [0.4, 0.5) is 0 Å². The first-order valence-electron chi connectivity index (χ1n) is 12.1. The van der Waals surface area contributed by atoms with Crippen molar-refractivity contribution in [3.63, 3.8) is 0 Å². The van der Waals surface area contributed by atoms with Crippen molar-refractivity contribution in [2.24, 2.45) is 0 Å². The standard InChI is InChI=1S/C31H26O5S/c32-29-19-27(36-31(34)26-17-13-24(14-18-26)22-9-5-2-6-10-22)28(37-29)20-35-30(33)25-15-11-23(12-16-25)21-7-3-1-4-8-21/h1-18,27-29,32H,19-20H2/t27-,28+,29?/m1/s1. The van der Waals surface area contributed by atoms with E-state index < -0.39 is 23.5 Å². The number of hydrogen-bond acceptors (Lipinski definition) is 6. The molecule has 1 unspecified atom stereocenters. The molecule has 5 nitrogen and oxygen atoms in total. The number of carbonyl (C=O) groups excluding carboxylic acids is 2. The van der Waals surface area contributed by atoms with Crippen LogP contribution >= 0.6 is 11.8 Å². The molecular weight excluding hydrogens is 484 g/mol. The molecule has 1 saturated heterocycles. The summed E-state index contributed by atoms with van der Waals surface area (Å²) in [5.41, 5.74) is 4.33. The number of benzene rings is 4. The summed E-state index contributed by atoms with van der Waals surface area (Å²) >= 11 is 1.25. The Kier molecular flexibility index (Phi) is 7.68. The zero-order chi connectivity index (χ0) is 25.6. The molecule has 0 aliphatic carbocycles. The van der Waals surface area contributed by atoms with Crippen LogP contribution < -0.4 is 0 Å². The van der Waals surface area contributed by atoms with Crippen molar-refractivity contribution in [3.05, 3.63) is 120 Å². The number of thioether (sulfide) groups is 1. The van der Waals surface area contributed by atoms with Crippen LogP contribution in [0.25, 0.3) is 22.3 Å². The summed E-state index contributed by atoms with van der Waals surface area (Å²) in [6.45, 7) is 0.0336. The Labute approximate surface area is 220 Å². The van der Waals surface area contributed by atoms with Gasteiger partial charge < -0.3 is 14.6 Å². The van der Waals surface area contributed by atoms with Gasteiger partial charge in [0, 0.05) is 6.42 Å². The molecule has 1 fully saturated rings. The maximum Gasteiger partial charge on any atom is 0.338 e. The van der Waals surface area contributed by atoms with E-state index >= 15 is 0 Å². The number of rotatable bonds is 7. The number of esters is 2. The zero-order valence-corrected chi connectivity index (χ0v) is 20.8. The minimum atomic E-state index is -0.688. The van der Waals surface area contributed by atoms with E-state index in [1.807, 2.05) is 84.9 Å². The van der Waals surface area contributed by atoms with Crippen LogP contribution in [-0.2, 0) is 9.47 Å². The third-order valence-electron chi connectivity index (χ3n) is 6.27. The van der Waals surface area contributed by atoms with Gasteiger partial charge in [0.15, 0.2) is 0 Å². The molecule has 4 aromatic carbocycles. The molecular formula is C31H26O5S. The number of ether oxygens (including phenoxy) is 2. The fourth-order valence-corrected chi connectivity index (χ4v) is 5.46. The number of aliphatic hydroxyl groups excluding tert-OH is 1. The fraction of sp³-hybridized carbons (Fsp3) is 0.161. The maximum absolute atomic E-state index is 12.8. The van der Waals surface area contributed by atoms with E-state index in [4.69, 9.17) is 9.47 Å². The van der Waals surface area contributed by atoms with Crippen LogP contribution in [0.3, 0.4) is 0 Å². The fourth-order valence-electron chi connectivity index (χ4n) is 4.27. The van der Waals surface area contributed by atoms with Gasteiger partial charge in [-0.25, -0.2) is 9.59 Å². The second kappa shape index (κ2) is 11.5. The normalized spacial score (nSPS) is 18.8. The van der Waals surface area contributed by atoms with Gasteiger partial charge in [-0.3, -0.25) is 0 Å². The molecule has 0 amide bonds. The lowest BCUT2D eigenvalue weighted by atomic mass is 10.0. The second-order valence-corrected chi connectivity index (χ2v) is 10.2.